The molecular weight excluding hydrogens is 240 g/mol. The Labute approximate surface area is 106 Å². The van der Waals surface area contributed by atoms with Crippen LogP contribution < -0.4 is 0 Å². The van der Waals surface area contributed by atoms with Gasteiger partial charge in [-0.1, -0.05) is 6.07 Å². The van der Waals surface area contributed by atoms with Gasteiger partial charge in [-0.25, -0.2) is 4.79 Å². The zero-order valence-corrected chi connectivity index (χ0v) is 10.7. The molecule has 0 aliphatic heterocycles. The van der Waals surface area contributed by atoms with Gasteiger partial charge in [0.2, 0.25) is 0 Å². The second-order valence-corrected chi connectivity index (χ2v) is 4.04. The summed E-state index contributed by atoms with van der Waals surface area (Å²) in [5.74, 6) is -0.439. The Hall–Kier alpha value is -1.35. The first-order valence-corrected chi connectivity index (χ1v) is 5.95. The number of benzene rings is 1. The van der Waals surface area contributed by atoms with Crippen LogP contribution in [0.4, 0.5) is 0 Å². The number of aryl methyl sites for hydroxylation is 1. The summed E-state index contributed by atoms with van der Waals surface area (Å²) >= 11 is 5.45. The number of hydrogen-bond acceptors (Lipinski definition) is 3. The van der Waals surface area contributed by atoms with Crippen LogP contribution >= 0.6 is 11.6 Å². The molecule has 0 heterocycles. The van der Waals surface area contributed by atoms with Crippen molar-refractivity contribution >= 4 is 23.4 Å². The van der Waals surface area contributed by atoms with Gasteiger partial charge in [-0.3, -0.25) is 4.79 Å². The molecule has 0 aliphatic carbocycles. The molecule has 0 spiro atoms. The van der Waals surface area contributed by atoms with Crippen molar-refractivity contribution in [2.24, 2.45) is 0 Å². The summed E-state index contributed by atoms with van der Waals surface area (Å²) in [6, 6.07) is 5.29. The van der Waals surface area contributed by atoms with Gasteiger partial charge in [0.25, 0.3) is 0 Å². The van der Waals surface area contributed by atoms with E-state index in [2.05, 4.69) is 0 Å². The number of halogens is 1. The molecule has 0 fully saturated rings. The minimum atomic E-state index is -0.365. The third-order valence-electron chi connectivity index (χ3n) is 2.20. The average Bonchev–Trinajstić information content (AvgIpc) is 2.28. The van der Waals surface area contributed by atoms with Gasteiger partial charge in [0, 0.05) is 6.42 Å². The summed E-state index contributed by atoms with van der Waals surface area (Å²) in [5.41, 5.74) is 2.19. The van der Waals surface area contributed by atoms with E-state index < -0.39 is 0 Å². The van der Waals surface area contributed by atoms with Gasteiger partial charge < -0.3 is 4.74 Å². The maximum absolute atomic E-state index is 11.6. The highest BCUT2D eigenvalue weighted by atomic mass is 35.5. The van der Waals surface area contributed by atoms with E-state index in [1.807, 2.05) is 13.0 Å². The molecular formula is C13H15ClO3. The van der Waals surface area contributed by atoms with Crippen molar-refractivity contribution < 1.29 is 14.3 Å². The Morgan fingerprint density at radius 3 is 2.59 bits per heavy atom. The molecule has 0 N–H and O–H groups in total. The maximum atomic E-state index is 11.6. The Morgan fingerprint density at radius 1 is 1.29 bits per heavy atom. The molecule has 0 unspecified atom stereocenters. The first kappa shape index (κ1) is 13.7. The van der Waals surface area contributed by atoms with E-state index in [1.54, 1.807) is 19.1 Å². The van der Waals surface area contributed by atoms with Crippen LogP contribution in [0.2, 0.25) is 0 Å². The second kappa shape index (κ2) is 6.40. The van der Waals surface area contributed by atoms with Gasteiger partial charge in [0.1, 0.15) is 0 Å². The smallest absolute Gasteiger partial charge is 0.338 e. The monoisotopic (exact) mass is 254 g/mol. The normalized spacial score (nSPS) is 10.1. The number of ether oxygens (including phenoxy) is 1. The number of rotatable bonds is 5. The van der Waals surface area contributed by atoms with Crippen LogP contribution in [-0.2, 0) is 16.0 Å². The van der Waals surface area contributed by atoms with E-state index in [0.29, 0.717) is 12.2 Å². The van der Waals surface area contributed by atoms with Gasteiger partial charge in [-0.05, 0) is 37.1 Å². The molecule has 1 aromatic carbocycles. The molecule has 4 heteroatoms. The minimum absolute atomic E-state index is 0.0112. The van der Waals surface area contributed by atoms with E-state index in [4.69, 9.17) is 16.3 Å². The molecule has 0 bridgehead atoms. The van der Waals surface area contributed by atoms with Crippen molar-refractivity contribution in [2.75, 3.05) is 12.5 Å². The quantitative estimate of drug-likeness (QED) is 0.599. The number of carbonyl (C=O) groups is 2. The van der Waals surface area contributed by atoms with Gasteiger partial charge in [-0.2, -0.15) is 0 Å². The van der Waals surface area contributed by atoms with Gasteiger partial charge >= 0.3 is 5.97 Å². The fourth-order valence-corrected chi connectivity index (χ4v) is 1.67. The van der Waals surface area contributed by atoms with Crippen LogP contribution in [0.3, 0.4) is 0 Å². The lowest BCUT2D eigenvalue weighted by Gasteiger charge is -2.06. The highest BCUT2D eigenvalue weighted by molar-refractivity contribution is 6.27. The van der Waals surface area contributed by atoms with Crippen molar-refractivity contribution in [1.29, 1.82) is 0 Å². The molecule has 0 saturated carbocycles. The van der Waals surface area contributed by atoms with E-state index >= 15 is 0 Å². The van der Waals surface area contributed by atoms with E-state index in [1.165, 1.54) is 0 Å². The predicted molar refractivity (Wildman–Crippen MR) is 66.6 cm³/mol. The molecule has 3 nitrogen and oxygen atoms in total. The molecule has 0 amide bonds. The lowest BCUT2D eigenvalue weighted by molar-refractivity contribution is -0.116. The van der Waals surface area contributed by atoms with Crippen LogP contribution in [0.15, 0.2) is 18.2 Å². The number of Topliss-reactive ketones (excluding diaryl/α,β-unsaturated/α-hetero) is 1. The SMILES string of the molecule is CCOC(=O)c1cc(C)cc(CC(=O)CCl)c1. The average molecular weight is 255 g/mol. The molecule has 0 saturated heterocycles. The summed E-state index contributed by atoms with van der Waals surface area (Å²) in [5, 5.41) is 0. The summed E-state index contributed by atoms with van der Waals surface area (Å²) in [6.45, 7) is 3.96. The number of hydrogen-bond donors (Lipinski definition) is 0. The molecule has 0 aliphatic rings. The van der Waals surface area contributed by atoms with Crippen molar-refractivity contribution in [2.45, 2.75) is 20.3 Å². The first-order chi connectivity index (χ1) is 8.06. The fraction of sp³-hybridized carbons (Fsp3) is 0.385. The van der Waals surface area contributed by atoms with Crippen molar-refractivity contribution in [3.05, 3.63) is 34.9 Å². The highest BCUT2D eigenvalue weighted by Crippen LogP contribution is 2.12. The molecule has 0 aromatic heterocycles. The van der Waals surface area contributed by atoms with Crippen LogP contribution in [0.25, 0.3) is 0 Å². The van der Waals surface area contributed by atoms with E-state index in [9.17, 15) is 9.59 Å². The van der Waals surface area contributed by atoms with Crippen LogP contribution in [-0.4, -0.2) is 24.2 Å². The molecule has 1 rings (SSSR count). The largest absolute Gasteiger partial charge is 0.462 e. The Balaban J connectivity index is 2.93. The lowest BCUT2D eigenvalue weighted by atomic mass is 10.0. The van der Waals surface area contributed by atoms with E-state index in [-0.39, 0.29) is 24.1 Å². The minimum Gasteiger partial charge on any atom is -0.462 e. The predicted octanol–water partition coefficient (Wildman–Crippen LogP) is 2.52. The van der Waals surface area contributed by atoms with Crippen molar-refractivity contribution in [3.63, 3.8) is 0 Å². The number of carbonyl (C=O) groups excluding carboxylic acids is 2. The standard InChI is InChI=1S/C13H15ClO3/c1-3-17-13(16)11-5-9(2)4-10(6-11)7-12(15)8-14/h4-6H,3,7-8H2,1-2H3. The van der Waals surface area contributed by atoms with Crippen molar-refractivity contribution in [1.82, 2.24) is 0 Å². The summed E-state index contributed by atoms with van der Waals surface area (Å²) in [6.07, 6.45) is 0.248. The zero-order valence-electron chi connectivity index (χ0n) is 9.96. The summed E-state index contributed by atoms with van der Waals surface area (Å²) in [7, 11) is 0. The summed E-state index contributed by atoms with van der Waals surface area (Å²) in [4.78, 5) is 22.8. The Bertz CT molecular complexity index is 427. The lowest BCUT2D eigenvalue weighted by Crippen LogP contribution is -2.08. The van der Waals surface area contributed by atoms with E-state index in [0.717, 1.165) is 11.1 Å². The van der Waals surface area contributed by atoms with Crippen LogP contribution in [0.5, 0.6) is 0 Å². The third kappa shape index (κ3) is 4.19. The molecule has 92 valence electrons. The van der Waals surface area contributed by atoms with Crippen LogP contribution in [0.1, 0.15) is 28.4 Å². The van der Waals surface area contributed by atoms with Gasteiger partial charge in [-0.15, -0.1) is 11.6 Å². The number of ketones is 1. The second-order valence-electron chi connectivity index (χ2n) is 3.78. The Morgan fingerprint density at radius 2 is 2.00 bits per heavy atom. The third-order valence-corrected chi connectivity index (χ3v) is 2.50. The highest BCUT2D eigenvalue weighted by Gasteiger charge is 2.10. The van der Waals surface area contributed by atoms with Crippen LogP contribution in [0, 0.1) is 6.92 Å². The zero-order chi connectivity index (χ0) is 12.8. The van der Waals surface area contributed by atoms with Gasteiger partial charge in [0.05, 0.1) is 18.1 Å². The van der Waals surface area contributed by atoms with Crippen molar-refractivity contribution in [3.8, 4) is 0 Å². The first-order valence-electron chi connectivity index (χ1n) is 5.42. The Kier molecular flexibility index (Phi) is 5.16. The number of alkyl halides is 1. The summed E-state index contributed by atoms with van der Waals surface area (Å²) < 4.78 is 4.92. The topological polar surface area (TPSA) is 43.4 Å². The fourth-order valence-electron chi connectivity index (χ4n) is 1.57. The molecule has 1 aromatic rings. The molecule has 0 radical (unpaired) electrons. The molecule has 17 heavy (non-hydrogen) atoms. The molecule has 0 atom stereocenters. The van der Waals surface area contributed by atoms with Gasteiger partial charge in [0.15, 0.2) is 5.78 Å². The maximum Gasteiger partial charge on any atom is 0.338 e. The number of esters is 1.